The Hall–Kier alpha value is -0.820. The Kier molecular flexibility index (Phi) is 16.1. The largest absolute Gasteiger partial charge is 0.479 e. The first-order valence-corrected chi connectivity index (χ1v) is 13.6. The molecule has 0 aliphatic carbocycles. The maximum atomic E-state index is 12.4. The number of likely N-dealkylation sites (tertiary alicyclic amines) is 1. The monoisotopic (exact) mass is 473 g/mol. The average Bonchev–Trinajstić information content (AvgIpc) is 3.17. The summed E-state index contributed by atoms with van der Waals surface area (Å²) in [6, 6.07) is 0. The van der Waals surface area contributed by atoms with Crippen molar-refractivity contribution in [3.63, 3.8) is 0 Å². The summed E-state index contributed by atoms with van der Waals surface area (Å²) in [5.41, 5.74) is 0. The van der Waals surface area contributed by atoms with Crippen molar-refractivity contribution >= 4 is 40.2 Å². The lowest BCUT2D eigenvalue weighted by molar-refractivity contribution is -0.149. The number of rotatable bonds is 17. The molecule has 0 aromatic carbocycles. The van der Waals surface area contributed by atoms with E-state index in [1.165, 1.54) is 63.1 Å². The fraction of sp³-hybridized carbons (Fsp3) is 0.875. The molecule has 7 heteroatoms. The summed E-state index contributed by atoms with van der Waals surface area (Å²) in [5.74, 6) is -0.336. The lowest BCUT2D eigenvalue weighted by Crippen LogP contribution is -2.37. The van der Waals surface area contributed by atoms with Crippen molar-refractivity contribution in [1.82, 2.24) is 4.90 Å². The second-order valence-electron chi connectivity index (χ2n) is 8.43. The number of carbonyl (C=O) groups excluding carboxylic acids is 2. The normalized spacial score (nSPS) is 15.7. The molecule has 0 radical (unpaired) electrons. The Bertz CT molecular complexity index is 530. The van der Waals surface area contributed by atoms with E-state index in [-0.39, 0.29) is 23.2 Å². The summed E-state index contributed by atoms with van der Waals surface area (Å²) >= 11 is 6.63. The summed E-state index contributed by atoms with van der Waals surface area (Å²) in [4.78, 5) is 26.5. The number of ether oxygens (including phenoxy) is 2. The van der Waals surface area contributed by atoms with Crippen molar-refractivity contribution in [2.24, 2.45) is 5.92 Å². The number of nitrogens with zero attached hydrogens (tertiary/aromatic N) is 1. The molecule has 2 unspecified atom stereocenters. The zero-order valence-corrected chi connectivity index (χ0v) is 21.5. The van der Waals surface area contributed by atoms with Gasteiger partial charge in [0.1, 0.15) is 0 Å². The molecule has 0 spiro atoms. The first kappa shape index (κ1) is 28.2. The third-order valence-corrected chi connectivity index (χ3v) is 7.09. The Morgan fingerprint density at radius 3 is 2.19 bits per heavy atom. The Morgan fingerprint density at radius 2 is 1.65 bits per heavy atom. The number of unbranched alkanes of at least 4 members (excludes halogenated alkanes) is 9. The molecule has 1 aliphatic heterocycles. The number of hydrogen-bond acceptors (Lipinski definition) is 6. The van der Waals surface area contributed by atoms with E-state index in [1.807, 2.05) is 18.7 Å². The number of carbonyl (C=O) groups is 2. The minimum Gasteiger partial charge on any atom is -0.479 e. The molecule has 1 saturated heterocycles. The first-order chi connectivity index (χ1) is 15.0. The van der Waals surface area contributed by atoms with Gasteiger partial charge in [-0.05, 0) is 38.4 Å². The summed E-state index contributed by atoms with van der Waals surface area (Å²) in [5, 5.41) is -0.172. The number of thiocarbonyl (C=S) groups is 1. The third kappa shape index (κ3) is 12.7. The number of thioether (sulfide) groups is 1. The molecule has 2 atom stereocenters. The van der Waals surface area contributed by atoms with E-state index < -0.39 is 0 Å². The van der Waals surface area contributed by atoms with Gasteiger partial charge in [-0.25, -0.2) is 0 Å². The van der Waals surface area contributed by atoms with Crippen LogP contribution in [0.15, 0.2) is 0 Å². The van der Waals surface area contributed by atoms with Gasteiger partial charge in [-0.15, -0.1) is 0 Å². The lowest BCUT2D eigenvalue weighted by Gasteiger charge is -2.28. The smallest absolute Gasteiger partial charge is 0.308 e. The number of esters is 1. The van der Waals surface area contributed by atoms with Crippen LogP contribution in [-0.2, 0) is 19.1 Å². The van der Waals surface area contributed by atoms with Crippen LogP contribution in [-0.4, -0.2) is 46.3 Å². The maximum absolute atomic E-state index is 12.4. The highest BCUT2D eigenvalue weighted by atomic mass is 32.2. The van der Waals surface area contributed by atoms with Crippen LogP contribution in [0.5, 0.6) is 0 Å². The molecule has 1 fully saturated rings. The molecule has 0 bridgehead atoms. The minimum absolute atomic E-state index is 0.128. The van der Waals surface area contributed by atoms with Gasteiger partial charge in [0, 0.05) is 13.0 Å². The van der Waals surface area contributed by atoms with E-state index in [1.54, 1.807) is 0 Å². The average molecular weight is 474 g/mol. The fourth-order valence-electron chi connectivity index (χ4n) is 3.78. The molecular formula is C24H43NO4S2. The highest BCUT2D eigenvalue weighted by Gasteiger charge is 2.32. The van der Waals surface area contributed by atoms with Crippen LogP contribution in [0.3, 0.4) is 0 Å². The van der Waals surface area contributed by atoms with Crippen molar-refractivity contribution < 1.29 is 19.1 Å². The van der Waals surface area contributed by atoms with Crippen molar-refractivity contribution in [3.05, 3.63) is 0 Å². The van der Waals surface area contributed by atoms with E-state index in [2.05, 4.69) is 6.92 Å². The van der Waals surface area contributed by atoms with E-state index in [0.717, 1.165) is 19.3 Å². The molecule has 5 nitrogen and oxygen atoms in total. The molecule has 31 heavy (non-hydrogen) atoms. The van der Waals surface area contributed by atoms with Gasteiger partial charge in [0.15, 0.2) is 0 Å². The zero-order valence-electron chi connectivity index (χ0n) is 19.9. The number of amides is 1. The molecule has 1 amide bonds. The molecule has 0 N–H and O–H groups in total. The summed E-state index contributed by atoms with van der Waals surface area (Å²) < 4.78 is 11.3. The second-order valence-corrected chi connectivity index (χ2v) is 10.2. The van der Waals surface area contributed by atoms with Crippen LogP contribution in [0.25, 0.3) is 0 Å². The zero-order chi connectivity index (χ0) is 22.9. The summed E-state index contributed by atoms with van der Waals surface area (Å²) in [6.07, 6.45) is 14.5. The third-order valence-electron chi connectivity index (χ3n) is 5.65. The number of hydrogen-bond donors (Lipinski definition) is 0. The van der Waals surface area contributed by atoms with Crippen molar-refractivity contribution in [3.8, 4) is 0 Å². The minimum atomic E-state index is -0.279. The lowest BCUT2D eigenvalue weighted by atomic mass is 10.1. The highest BCUT2D eigenvalue weighted by Crippen LogP contribution is 2.29. The van der Waals surface area contributed by atoms with E-state index >= 15 is 0 Å². The molecule has 180 valence electrons. The van der Waals surface area contributed by atoms with Crippen LogP contribution in [0.2, 0.25) is 0 Å². The molecular weight excluding hydrogens is 430 g/mol. The van der Waals surface area contributed by atoms with Gasteiger partial charge in [0.2, 0.25) is 10.3 Å². The topological polar surface area (TPSA) is 55.8 Å². The Balaban J connectivity index is 2.24. The molecule has 0 aromatic rings. The Labute approximate surface area is 199 Å². The van der Waals surface area contributed by atoms with Gasteiger partial charge in [-0.1, -0.05) is 83.4 Å². The second kappa shape index (κ2) is 17.7. The highest BCUT2D eigenvalue weighted by molar-refractivity contribution is 8.23. The van der Waals surface area contributed by atoms with Crippen LogP contribution in [0.4, 0.5) is 0 Å². The van der Waals surface area contributed by atoms with Crippen LogP contribution in [0.1, 0.15) is 104 Å². The van der Waals surface area contributed by atoms with Gasteiger partial charge < -0.3 is 14.4 Å². The molecule has 1 heterocycles. The van der Waals surface area contributed by atoms with Crippen molar-refractivity contribution in [1.29, 1.82) is 0 Å². The van der Waals surface area contributed by atoms with Crippen LogP contribution >= 0.6 is 24.0 Å². The first-order valence-electron chi connectivity index (χ1n) is 12.3. The van der Waals surface area contributed by atoms with Gasteiger partial charge in [0.05, 0.1) is 24.5 Å². The summed E-state index contributed by atoms with van der Waals surface area (Å²) in [7, 11) is 0. The van der Waals surface area contributed by atoms with Crippen molar-refractivity contribution in [2.45, 2.75) is 110 Å². The predicted molar refractivity (Wildman–Crippen MR) is 133 cm³/mol. The maximum Gasteiger partial charge on any atom is 0.308 e. The van der Waals surface area contributed by atoms with Crippen LogP contribution < -0.4 is 0 Å². The quantitative estimate of drug-likeness (QED) is 0.137. The van der Waals surface area contributed by atoms with Crippen molar-refractivity contribution in [2.75, 3.05) is 19.8 Å². The van der Waals surface area contributed by atoms with Crippen LogP contribution in [0, 0.1) is 5.92 Å². The predicted octanol–water partition coefficient (Wildman–Crippen LogP) is 6.48. The van der Waals surface area contributed by atoms with E-state index in [4.69, 9.17) is 21.7 Å². The fourth-order valence-corrected chi connectivity index (χ4v) is 5.37. The molecule has 0 saturated carbocycles. The van der Waals surface area contributed by atoms with E-state index in [9.17, 15) is 9.59 Å². The molecule has 1 aliphatic rings. The van der Waals surface area contributed by atoms with Gasteiger partial charge in [0.25, 0.3) is 0 Å². The standard InChI is InChI=1S/C24H43NO4S2/c1-4-6-7-8-9-10-11-12-13-14-18-29-23(27)20(3)19-22(31-24(30)28-5-2)25-17-15-16-21(25)26/h20,22H,4-19H2,1-3H3. The van der Waals surface area contributed by atoms with Gasteiger partial charge in [-0.3, -0.25) is 9.59 Å². The SMILES string of the molecule is CCCCCCCCCCCCOC(=O)C(C)CC(SC(=S)OCC)N1CCCC1=O. The van der Waals surface area contributed by atoms with Gasteiger partial charge >= 0.3 is 5.97 Å². The van der Waals surface area contributed by atoms with Gasteiger partial charge in [-0.2, -0.15) is 0 Å². The van der Waals surface area contributed by atoms with E-state index in [0.29, 0.717) is 37.0 Å². The molecule has 0 aromatic heterocycles. The summed E-state index contributed by atoms with van der Waals surface area (Å²) in [6.45, 7) is 7.71. The Morgan fingerprint density at radius 1 is 1.03 bits per heavy atom. The molecule has 1 rings (SSSR count).